The molecule has 178 valence electrons. The zero-order chi connectivity index (χ0) is 24.4. The van der Waals surface area contributed by atoms with Crippen molar-refractivity contribution < 1.29 is 9.18 Å². The molecule has 0 atom stereocenters. The van der Waals surface area contributed by atoms with Crippen LogP contribution in [-0.2, 0) is 6.54 Å². The van der Waals surface area contributed by atoms with Gasteiger partial charge in [0.15, 0.2) is 0 Å². The van der Waals surface area contributed by atoms with E-state index in [0.29, 0.717) is 30.0 Å². The van der Waals surface area contributed by atoms with Crippen LogP contribution in [0.4, 0.5) is 4.39 Å². The van der Waals surface area contributed by atoms with Gasteiger partial charge in [0.2, 0.25) is 0 Å². The summed E-state index contributed by atoms with van der Waals surface area (Å²) in [7, 11) is 0. The van der Waals surface area contributed by atoms with Gasteiger partial charge in [-0.15, -0.1) is 0 Å². The second-order valence-corrected chi connectivity index (χ2v) is 9.15. The first-order chi connectivity index (χ1) is 17.0. The van der Waals surface area contributed by atoms with E-state index in [1.54, 1.807) is 28.9 Å². The molecule has 3 aromatic carbocycles. The van der Waals surface area contributed by atoms with Gasteiger partial charge in [-0.2, -0.15) is 5.10 Å². The molecule has 1 aromatic heterocycles. The van der Waals surface area contributed by atoms with Crippen LogP contribution in [0.2, 0.25) is 0 Å². The number of aromatic nitrogens is 2. The number of carbonyl (C=O) groups excluding carboxylic acids is 1. The van der Waals surface area contributed by atoms with Crippen LogP contribution < -0.4 is 0 Å². The van der Waals surface area contributed by atoms with Crippen LogP contribution in [0, 0.1) is 19.7 Å². The van der Waals surface area contributed by atoms with E-state index in [1.807, 2.05) is 43.0 Å². The first-order valence-corrected chi connectivity index (χ1v) is 12.0. The molecule has 1 amide bonds. The molecular formula is C29H29FN4O. The van der Waals surface area contributed by atoms with E-state index in [2.05, 4.69) is 29.2 Å². The molecule has 0 aliphatic carbocycles. The molecule has 6 heteroatoms. The number of rotatable bonds is 5. The highest BCUT2D eigenvalue weighted by molar-refractivity contribution is 5.94. The maximum absolute atomic E-state index is 14.6. The molecule has 1 aliphatic rings. The summed E-state index contributed by atoms with van der Waals surface area (Å²) in [6, 6.07) is 24.7. The third kappa shape index (κ3) is 4.88. The molecule has 0 radical (unpaired) electrons. The van der Waals surface area contributed by atoms with Gasteiger partial charge >= 0.3 is 0 Å². The Kier molecular flexibility index (Phi) is 6.47. The van der Waals surface area contributed by atoms with E-state index >= 15 is 0 Å². The predicted molar refractivity (Wildman–Crippen MR) is 136 cm³/mol. The van der Waals surface area contributed by atoms with Gasteiger partial charge < -0.3 is 4.90 Å². The highest BCUT2D eigenvalue weighted by Crippen LogP contribution is 2.27. The number of aryl methyl sites for hydroxylation is 2. The van der Waals surface area contributed by atoms with Crippen molar-refractivity contribution in [2.45, 2.75) is 20.4 Å². The zero-order valence-corrected chi connectivity index (χ0v) is 20.1. The minimum absolute atomic E-state index is 0.0830. The molecule has 0 unspecified atom stereocenters. The van der Waals surface area contributed by atoms with Crippen molar-refractivity contribution >= 4 is 5.91 Å². The first-order valence-electron chi connectivity index (χ1n) is 12.0. The van der Waals surface area contributed by atoms with Crippen LogP contribution in [0.1, 0.15) is 27.2 Å². The number of carbonyl (C=O) groups is 1. The van der Waals surface area contributed by atoms with E-state index in [9.17, 15) is 9.18 Å². The van der Waals surface area contributed by atoms with Crippen molar-refractivity contribution in [1.82, 2.24) is 19.6 Å². The van der Waals surface area contributed by atoms with Crippen LogP contribution in [0.5, 0.6) is 0 Å². The Hall–Kier alpha value is -3.77. The number of hydrogen-bond acceptors (Lipinski definition) is 3. The molecule has 0 bridgehead atoms. The Morgan fingerprint density at radius 1 is 0.886 bits per heavy atom. The molecule has 35 heavy (non-hydrogen) atoms. The van der Waals surface area contributed by atoms with Crippen molar-refractivity contribution in [3.05, 3.63) is 107 Å². The fourth-order valence-electron chi connectivity index (χ4n) is 4.58. The normalized spacial score (nSPS) is 14.3. The minimum Gasteiger partial charge on any atom is -0.335 e. The van der Waals surface area contributed by atoms with Gasteiger partial charge in [0.25, 0.3) is 5.91 Å². The summed E-state index contributed by atoms with van der Waals surface area (Å²) in [6.45, 7) is 7.77. The summed E-state index contributed by atoms with van der Waals surface area (Å²) < 4.78 is 16.3. The highest BCUT2D eigenvalue weighted by atomic mass is 19.1. The van der Waals surface area contributed by atoms with Crippen LogP contribution in [0.15, 0.2) is 78.9 Å². The van der Waals surface area contributed by atoms with Gasteiger partial charge in [-0.1, -0.05) is 54.6 Å². The van der Waals surface area contributed by atoms with Crippen LogP contribution in [0.3, 0.4) is 0 Å². The van der Waals surface area contributed by atoms with Gasteiger partial charge in [-0.05, 0) is 54.8 Å². The standard InChI is InChI=1S/C29H29FN4O/c1-21-12-13-22(2)27(18-21)34-28(19-26(31-34)24-10-6-7-11-25(24)30)29(35)33-16-14-32(15-17-33)20-23-8-4-3-5-9-23/h3-13,18-19H,14-17,20H2,1-2H3. The van der Waals surface area contributed by atoms with Crippen molar-refractivity contribution in [2.24, 2.45) is 0 Å². The molecule has 0 N–H and O–H groups in total. The Bertz CT molecular complexity index is 1340. The van der Waals surface area contributed by atoms with Gasteiger partial charge in [0.05, 0.1) is 11.4 Å². The molecule has 5 nitrogen and oxygen atoms in total. The van der Waals surface area contributed by atoms with Gasteiger partial charge in [0, 0.05) is 38.3 Å². The van der Waals surface area contributed by atoms with Gasteiger partial charge in [-0.25, -0.2) is 9.07 Å². The number of halogens is 1. The summed E-state index contributed by atoms with van der Waals surface area (Å²) in [5.41, 5.74) is 5.47. The smallest absolute Gasteiger partial charge is 0.272 e. The molecule has 1 aliphatic heterocycles. The minimum atomic E-state index is -0.355. The maximum atomic E-state index is 14.6. The summed E-state index contributed by atoms with van der Waals surface area (Å²) in [5.74, 6) is -0.438. The van der Waals surface area contributed by atoms with Crippen molar-refractivity contribution in [3.63, 3.8) is 0 Å². The first kappa shape index (κ1) is 23.0. The fraction of sp³-hybridized carbons (Fsp3) is 0.241. The van der Waals surface area contributed by atoms with Crippen molar-refractivity contribution in [3.8, 4) is 16.9 Å². The SMILES string of the molecule is Cc1ccc(C)c(-n2nc(-c3ccccc3F)cc2C(=O)N2CCN(Cc3ccccc3)CC2)c1. The lowest BCUT2D eigenvalue weighted by Gasteiger charge is -2.34. The van der Waals surface area contributed by atoms with E-state index < -0.39 is 0 Å². The zero-order valence-electron chi connectivity index (χ0n) is 20.1. The summed E-state index contributed by atoms with van der Waals surface area (Å²) >= 11 is 0. The Labute approximate surface area is 205 Å². The van der Waals surface area contributed by atoms with Crippen molar-refractivity contribution in [1.29, 1.82) is 0 Å². The Balaban J connectivity index is 1.44. The lowest BCUT2D eigenvalue weighted by atomic mass is 10.1. The summed E-state index contributed by atoms with van der Waals surface area (Å²) in [4.78, 5) is 18.0. The molecule has 1 fully saturated rings. The average molecular weight is 469 g/mol. The van der Waals surface area contributed by atoms with E-state index in [-0.39, 0.29) is 11.7 Å². The second-order valence-electron chi connectivity index (χ2n) is 9.15. The van der Waals surface area contributed by atoms with Crippen LogP contribution in [-0.4, -0.2) is 51.7 Å². The van der Waals surface area contributed by atoms with Crippen molar-refractivity contribution in [2.75, 3.05) is 26.2 Å². The van der Waals surface area contributed by atoms with E-state index in [1.165, 1.54) is 11.6 Å². The van der Waals surface area contributed by atoms with Gasteiger partial charge in [-0.3, -0.25) is 9.69 Å². The Morgan fingerprint density at radius 3 is 2.34 bits per heavy atom. The van der Waals surface area contributed by atoms with E-state index in [0.717, 1.165) is 36.4 Å². The van der Waals surface area contributed by atoms with Crippen LogP contribution in [0.25, 0.3) is 16.9 Å². The lowest BCUT2D eigenvalue weighted by Crippen LogP contribution is -2.48. The molecular weight excluding hydrogens is 439 g/mol. The number of benzene rings is 3. The fourth-order valence-corrected chi connectivity index (χ4v) is 4.58. The number of hydrogen-bond donors (Lipinski definition) is 0. The topological polar surface area (TPSA) is 41.4 Å². The maximum Gasteiger partial charge on any atom is 0.272 e. The molecule has 5 rings (SSSR count). The third-order valence-corrected chi connectivity index (χ3v) is 6.58. The Morgan fingerprint density at radius 2 is 1.60 bits per heavy atom. The van der Waals surface area contributed by atoms with E-state index in [4.69, 9.17) is 5.10 Å². The van der Waals surface area contributed by atoms with Crippen LogP contribution >= 0.6 is 0 Å². The molecule has 2 heterocycles. The third-order valence-electron chi connectivity index (χ3n) is 6.58. The summed E-state index contributed by atoms with van der Waals surface area (Å²) in [5, 5.41) is 4.72. The monoisotopic (exact) mass is 468 g/mol. The second kappa shape index (κ2) is 9.84. The number of nitrogens with zero attached hydrogens (tertiary/aromatic N) is 4. The lowest BCUT2D eigenvalue weighted by molar-refractivity contribution is 0.0619. The quantitative estimate of drug-likeness (QED) is 0.402. The molecule has 0 saturated carbocycles. The molecule has 1 saturated heterocycles. The molecule has 4 aromatic rings. The summed E-state index contributed by atoms with van der Waals surface area (Å²) in [6.07, 6.45) is 0. The average Bonchev–Trinajstić information content (AvgIpc) is 3.31. The predicted octanol–water partition coefficient (Wildman–Crippen LogP) is 5.25. The number of amides is 1. The largest absolute Gasteiger partial charge is 0.335 e. The number of piperazine rings is 1. The molecule has 0 spiro atoms. The highest BCUT2D eigenvalue weighted by Gasteiger charge is 2.27. The van der Waals surface area contributed by atoms with Gasteiger partial charge in [0.1, 0.15) is 11.5 Å².